The Morgan fingerprint density at radius 3 is 2.38 bits per heavy atom. The Labute approximate surface area is 326 Å². The van der Waals surface area contributed by atoms with Crippen LogP contribution in [0.15, 0.2) is 84.9 Å². The molecule has 3 aromatic carbocycles. The van der Waals surface area contributed by atoms with Gasteiger partial charge in [0.15, 0.2) is 34.7 Å². The molecule has 1 amide bonds. The summed E-state index contributed by atoms with van der Waals surface area (Å²) in [6.45, 7) is 2.89. The van der Waals surface area contributed by atoms with Gasteiger partial charge >= 0.3 is 0 Å². The topological polar surface area (TPSA) is 214 Å². The molecule has 1 aliphatic rings. The highest BCUT2D eigenvalue weighted by molar-refractivity contribution is 6.31. The maximum Gasteiger partial charge on any atom is 0.280 e. The number of nitrogens with zero attached hydrogens (tertiary/aromatic N) is 3. The zero-order valence-corrected chi connectivity index (χ0v) is 31.5. The second-order valence-corrected chi connectivity index (χ2v) is 13.8. The summed E-state index contributed by atoms with van der Waals surface area (Å²) in [6.07, 6.45) is 1.93. The molecule has 4 atom stereocenters. The fourth-order valence-corrected chi connectivity index (χ4v) is 6.33. The molecule has 0 saturated carbocycles. The largest absolute Gasteiger partial charge is 0.492 e. The Morgan fingerprint density at radius 1 is 0.945 bits per heavy atom. The first-order valence-corrected chi connectivity index (χ1v) is 18.9. The molecule has 5 rings (SSSR count). The SMILES string of the molecule is N=C(NCCCCc1ccc(OCCN(CCCc2ccccc2)C[C@H](O)C[C@@H]2OC(c3ccccc3)OC[C@H]2O)cc1)NC(=O)c1nc(Cl)c(N)nc1N. The van der Waals surface area contributed by atoms with Crippen LogP contribution in [-0.2, 0) is 22.3 Å². The summed E-state index contributed by atoms with van der Waals surface area (Å²) in [7, 11) is 0. The molecule has 294 valence electrons. The zero-order chi connectivity index (χ0) is 39.0. The number of benzene rings is 3. The van der Waals surface area contributed by atoms with Gasteiger partial charge in [-0.3, -0.25) is 20.4 Å². The number of carbonyl (C=O) groups is 1. The van der Waals surface area contributed by atoms with Gasteiger partial charge in [-0.25, -0.2) is 9.97 Å². The molecule has 0 aliphatic carbocycles. The lowest BCUT2D eigenvalue weighted by molar-refractivity contribution is -0.261. The monoisotopic (exact) mass is 774 g/mol. The van der Waals surface area contributed by atoms with E-state index in [1.54, 1.807) is 0 Å². The minimum Gasteiger partial charge on any atom is -0.492 e. The molecule has 14 nitrogen and oxygen atoms in total. The van der Waals surface area contributed by atoms with E-state index in [0.717, 1.165) is 55.5 Å². The number of aryl methyl sites for hydroxylation is 2. The van der Waals surface area contributed by atoms with E-state index in [1.165, 1.54) is 5.56 Å². The molecular formula is C40H51ClN8O6. The highest BCUT2D eigenvalue weighted by atomic mass is 35.5. The molecule has 2 heterocycles. The Bertz CT molecular complexity index is 1790. The van der Waals surface area contributed by atoms with Crippen LogP contribution in [0.4, 0.5) is 11.6 Å². The minimum absolute atomic E-state index is 0.0786. The highest BCUT2D eigenvalue weighted by Crippen LogP contribution is 2.28. The van der Waals surface area contributed by atoms with Gasteiger partial charge in [0.25, 0.3) is 5.91 Å². The van der Waals surface area contributed by atoms with Crippen molar-refractivity contribution in [2.24, 2.45) is 0 Å². The van der Waals surface area contributed by atoms with Crippen molar-refractivity contribution in [2.45, 2.75) is 63.1 Å². The lowest BCUT2D eigenvalue weighted by atomic mass is 10.0. The third kappa shape index (κ3) is 13.5. The van der Waals surface area contributed by atoms with Gasteiger partial charge in [-0.15, -0.1) is 0 Å². The molecule has 1 saturated heterocycles. The molecule has 9 N–H and O–H groups in total. The van der Waals surface area contributed by atoms with Gasteiger partial charge in [-0.2, -0.15) is 0 Å². The van der Waals surface area contributed by atoms with Crippen LogP contribution in [0.1, 0.15) is 59.2 Å². The number of hydrogen-bond acceptors (Lipinski definition) is 12. The Hall–Kier alpha value is -4.83. The zero-order valence-electron chi connectivity index (χ0n) is 30.8. The number of anilines is 2. The number of nitrogens with one attached hydrogen (secondary N) is 3. The van der Waals surface area contributed by atoms with Crippen LogP contribution in [0.25, 0.3) is 0 Å². The summed E-state index contributed by atoms with van der Waals surface area (Å²) in [5, 5.41) is 34.9. The fourth-order valence-electron chi connectivity index (χ4n) is 6.20. The smallest absolute Gasteiger partial charge is 0.280 e. The maximum absolute atomic E-state index is 12.4. The van der Waals surface area contributed by atoms with Crippen molar-refractivity contribution in [2.75, 3.05) is 50.9 Å². The molecule has 0 spiro atoms. The number of ether oxygens (including phenoxy) is 3. The second kappa shape index (κ2) is 21.3. The summed E-state index contributed by atoms with van der Waals surface area (Å²) in [4.78, 5) is 22.2. The molecule has 1 fully saturated rings. The molecule has 1 aliphatic heterocycles. The number of aliphatic hydroxyl groups excluding tert-OH is 2. The number of guanidine groups is 1. The molecule has 15 heteroatoms. The first-order chi connectivity index (χ1) is 26.6. The van der Waals surface area contributed by atoms with E-state index < -0.39 is 30.5 Å². The quantitative estimate of drug-likeness (QED) is 0.0407. The van der Waals surface area contributed by atoms with Crippen molar-refractivity contribution in [1.29, 1.82) is 5.41 Å². The van der Waals surface area contributed by atoms with E-state index >= 15 is 0 Å². The number of nitrogen functional groups attached to an aromatic ring is 2. The number of hydrogen-bond donors (Lipinski definition) is 7. The first-order valence-electron chi connectivity index (χ1n) is 18.5. The van der Waals surface area contributed by atoms with Crippen molar-refractivity contribution in [1.82, 2.24) is 25.5 Å². The van der Waals surface area contributed by atoms with E-state index in [0.29, 0.717) is 26.2 Å². The average Bonchev–Trinajstić information content (AvgIpc) is 3.18. The lowest BCUT2D eigenvalue weighted by Crippen LogP contribution is -2.44. The molecule has 0 bridgehead atoms. The van der Waals surface area contributed by atoms with Gasteiger partial charge in [0, 0.05) is 31.6 Å². The van der Waals surface area contributed by atoms with Gasteiger partial charge in [0.05, 0.1) is 18.8 Å². The molecular weight excluding hydrogens is 724 g/mol. The first kappa shape index (κ1) is 41.3. The van der Waals surface area contributed by atoms with Gasteiger partial charge in [0.1, 0.15) is 18.5 Å². The standard InChI is InChI=1S/C40H51ClN8O6/c41-35-37(43)47-36(42)34(46-35)38(52)48-40(44)45-20-8-7-12-28-16-18-31(19-17-28)53-23-22-49(21-9-13-27-10-3-1-4-11-27)25-30(50)24-33-32(51)26-54-39(55-33)29-14-5-2-6-15-29/h1-6,10-11,14-19,30,32-33,39,50-51H,7-9,12-13,20-26H2,(H4,42,43,47)(H3,44,45,48,52)/t30-,32-,33+,39?/m1/s1. The molecule has 0 radical (unpaired) electrons. The number of halogens is 1. The minimum atomic E-state index is -0.822. The van der Waals surface area contributed by atoms with Crippen LogP contribution in [-0.4, -0.2) is 94.7 Å². The lowest BCUT2D eigenvalue weighted by Gasteiger charge is -2.36. The predicted octanol–water partition coefficient (Wildman–Crippen LogP) is 4.11. The average molecular weight is 775 g/mol. The number of carbonyl (C=O) groups excluding carboxylic acids is 1. The molecule has 1 aromatic heterocycles. The van der Waals surface area contributed by atoms with Crippen molar-refractivity contribution in [3.05, 3.63) is 112 Å². The van der Waals surface area contributed by atoms with Gasteiger partial charge < -0.3 is 41.2 Å². The third-order valence-corrected chi connectivity index (χ3v) is 9.40. The predicted molar refractivity (Wildman–Crippen MR) is 212 cm³/mol. The van der Waals surface area contributed by atoms with Crippen LogP contribution < -0.4 is 26.8 Å². The number of rotatable bonds is 19. The van der Waals surface area contributed by atoms with E-state index in [4.69, 9.17) is 42.7 Å². The van der Waals surface area contributed by atoms with Crippen molar-refractivity contribution in [3.63, 3.8) is 0 Å². The van der Waals surface area contributed by atoms with Crippen LogP contribution >= 0.6 is 11.6 Å². The van der Waals surface area contributed by atoms with E-state index in [2.05, 4.69) is 37.6 Å². The summed E-state index contributed by atoms with van der Waals surface area (Å²) in [5.41, 5.74) is 14.4. The fraction of sp³-hybridized carbons (Fsp3) is 0.400. The normalized spacial score (nSPS) is 17.4. The Morgan fingerprint density at radius 2 is 1.64 bits per heavy atom. The van der Waals surface area contributed by atoms with Crippen molar-refractivity contribution >= 4 is 35.1 Å². The molecule has 1 unspecified atom stereocenters. The van der Waals surface area contributed by atoms with Gasteiger partial charge in [0.2, 0.25) is 0 Å². The Kier molecular flexibility index (Phi) is 16.0. The van der Waals surface area contributed by atoms with Crippen molar-refractivity contribution < 1.29 is 29.2 Å². The van der Waals surface area contributed by atoms with Crippen molar-refractivity contribution in [3.8, 4) is 5.75 Å². The van der Waals surface area contributed by atoms with Crippen LogP contribution in [0.5, 0.6) is 5.75 Å². The van der Waals surface area contributed by atoms with E-state index in [-0.39, 0.29) is 41.5 Å². The number of unbranched alkanes of at least 4 members (excludes halogenated alkanes) is 1. The summed E-state index contributed by atoms with van der Waals surface area (Å²) < 4.78 is 17.9. The maximum atomic E-state index is 12.4. The summed E-state index contributed by atoms with van der Waals surface area (Å²) >= 11 is 5.84. The highest BCUT2D eigenvalue weighted by Gasteiger charge is 2.33. The number of aliphatic hydroxyl groups is 2. The number of nitrogens with two attached hydrogens (primary N) is 2. The molecule has 55 heavy (non-hydrogen) atoms. The third-order valence-electron chi connectivity index (χ3n) is 9.13. The van der Waals surface area contributed by atoms with E-state index in [1.807, 2.05) is 72.8 Å². The van der Waals surface area contributed by atoms with Crippen LogP contribution in [0.3, 0.4) is 0 Å². The van der Waals surface area contributed by atoms with E-state index in [9.17, 15) is 15.0 Å². The van der Waals surface area contributed by atoms with Gasteiger partial charge in [-0.1, -0.05) is 84.4 Å². The van der Waals surface area contributed by atoms with Crippen LogP contribution in [0, 0.1) is 5.41 Å². The summed E-state index contributed by atoms with van der Waals surface area (Å²) in [5.74, 6) is -0.386. The Balaban J connectivity index is 1.03. The second-order valence-electron chi connectivity index (χ2n) is 13.4. The number of aromatic nitrogens is 2. The van der Waals surface area contributed by atoms with Crippen LogP contribution in [0.2, 0.25) is 5.15 Å². The number of amides is 1. The van der Waals surface area contributed by atoms with Gasteiger partial charge in [-0.05, 0) is 61.9 Å². The summed E-state index contributed by atoms with van der Waals surface area (Å²) in [6, 6.07) is 28.0. The molecule has 4 aromatic rings.